The largest absolute Gasteiger partial charge is 0.380 e. The lowest BCUT2D eigenvalue weighted by Gasteiger charge is -2.11. The highest BCUT2D eigenvalue weighted by atomic mass is 32.2. The van der Waals surface area contributed by atoms with Gasteiger partial charge in [-0.1, -0.05) is 19.1 Å². The van der Waals surface area contributed by atoms with E-state index in [0.29, 0.717) is 17.1 Å². The van der Waals surface area contributed by atoms with E-state index >= 15 is 0 Å². The molecule has 2 aromatic rings. The number of aromatic amines is 1. The molecular weight excluding hydrogens is 262 g/mol. The van der Waals surface area contributed by atoms with Gasteiger partial charge in [-0.2, -0.15) is 5.10 Å². The number of nitrogens with one attached hydrogen (secondary N) is 2. The fourth-order valence-electron chi connectivity index (χ4n) is 1.78. The summed E-state index contributed by atoms with van der Waals surface area (Å²) in [4.78, 5) is 0.346. The van der Waals surface area contributed by atoms with E-state index in [9.17, 15) is 8.42 Å². The molecule has 0 amide bonds. The molecule has 0 saturated heterocycles. The molecule has 6 heteroatoms. The predicted molar refractivity (Wildman–Crippen MR) is 74.8 cm³/mol. The summed E-state index contributed by atoms with van der Waals surface area (Å²) in [5.74, 6) is 0.0937. The number of sulfone groups is 1. The summed E-state index contributed by atoms with van der Waals surface area (Å²) >= 11 is 0. The van der Waals surface area contributed by atoms with Crippen molar-refractivity contribution in [1.29, 1.82) is 0 Å². The van der Waals surface area contributed by atoms with Gasteiger partial charge in [0.25, 0.3) is 0 Å². The molecule has 0 spiro atoms. The Morgan fingerprint density at radius 3 is 2.68 bits per heavy atom. The van der Waals surface area contributed by atoms with Gasteiger partial charge in [0.05, 0.1) is 22.5 Å². The molecule has 0 fully saturated rings. The number of para-hydroxylation sites is 1. The summed E-state index contributed by atoms with van der Waals surface area (Å²) in [6.07, 6.45) is 1.74. The van der Waals surface area contributed by atoms with E-state index in [0.717, 1.165) is 11.3 Å². The minimum Gasteiger partial charge on any atom is -0.380 e. The number of hydrogen-bond acceptors (Lipinski definition) is 4. The third-order valence-electron chi connectivity index (χ3n) is 3.01. The maximum atomic E-state index is 12.0. The smallest absolute Gasteiger partial charge is 0.180 e. The zero-order valence-corrected chi connectivity index (χ0v) is 11.8. The Kier molecular flexibility index (Phi) is 3.90. The first kappa shape index (κ1) is 13.6. The van der Waals surface area contributed by atoms with Crippen LogP contribution in [0.5, 0.6) is 0 Å². The van der Waals surface area contributed by atoms with Gasteiger partial charge in [0.2, 0.25) is 0 Å². The standard InChI is InChI=1S/C13H17N3O2S/c1-3-19(17,18)13-7-5-4-6-12(13)14-8-11-9-15-16-10(11)2/h4-7,9,14H,3,8H2,1-2H3,(H,15,16). The first-order valence-corrected chi connectivity index (χ1v) is 7.74. The van der Waals surface area contributed by atoms with Crippen molar-refractivity contribution in [3.05, 3.63) is 41.7 Å². The Balaban J connectivity index is 2.24. The maximum Gasteiger partial charge on any atom is 0.180 e. The number of nitrogens with zero attached hydrogens (tertiary/aromatic N) is 1. The molecule has 1 aromatic carbocycles. The molecule has 0 saturated carbocycles. The monoisotopic (exact) mass is 279 g/mol. The van der Waals surface area contributed by atoms with Crippen LogP contribution in [-0.4, -0.2) is 24.4 Å². The van der Waals surface area contributed by atoms with Gasteiger partial charge in [-0.15, -0.1) is 0 Å². The van der Waals surface area contributed by atoms with Crippen molar-refractivity contribution in [2.75, 3.05) is 11.1 Å². The Labute approximate surface area is 113 Å². The first-order valence-electron chi connectivity index (χ1n) is 6.09. The van der Waals surface area contributed by atoms with Crippen LogP contribution in [0.1, 0.15) is 18.2 Å². The molecule has 0 bridgehead atoms. The molecule has 0 aliphatic rings. The number of rotatable bonds is 5. The molecule has 0 radical (unpaired) electrons. The number of benzene rings is 1. The van der Waals surface area contributed by atoms with Crippen LogP contribution in [0.25, 0.3) is 0 Å². The highest BCUT2D eigenvalue weighted by Crippen LogP contribution is 2.22. The third-order valence-corrected chi connectivity index (χ3v) is 4.79. The zero-order chi connectivity index (χ0) is 13.9. The Morgan fingerprint density at radius 2 is 2.05 bits per heavy atom. The van der Waals surface area contributed by atoms with Gasteiger partial charge in [-0.05, 0) is 19.1 Å². The van der Waals surface area contributed by atoms with E-state index in [2.05, 4.69) is 15.5 Å². The number of aromatic nitrogens is 2. The fourth-order valence-corrected chi connectivity index (χ4v) is 2.86. The van der Waals surface area contributed by atoms with E-state index in [1.807, 2.05) is 13.0 Å². The van der Waals surface area contributed by atoms with Crippen LogP contribution in [0, 0.1) is 6.92 Å². The van der Waals surface area contributed by atoms with Gasteiger partial charge >= 0.3 is 0 Å². The Bertz CT molecular complexity index is 662. The lowest BCUT2D eigenvalue weighted by atomic mass is 10.2. The van der Waals surface area contributed by atoms with E-state index in [1.165, 1.54) is 0 Å². The van der Waals surface area contributed by atoms with Crippen molar-refractivity contribution in [1.82, 2.24) is 10.2 Å². The molecule has 2 N–H and O–H groups in total. The second-order valence-electron chi connectivity index (χ2n) is 4.27. The molecule has 2 rings (SSSR count). The van der Waals surface area contributed by atoms with Crippen LogP contribution in [0.3, 0.4) is 0 Å². The molecule has 0 aliphatic carbocycles. The molecule has 102 valence electrons. The third kappa shape index (κ3) is 2.96. The summed E-state index contributed by atoms with van der Waals surface area (Å²) in [6.45, 7) is 4.11. The van der Waals surface area contributed by atoms with Crippen molar-refractivity contribution < 1.29 is 8.42 Å². The highest BCUT2D eigenvalue weighted by Gasteiger charge is 2.15. The van der Waals surface area contributed by atoms with E-state index in [1.54, 1.807) is 31.3 Å². The predicted octanol–water partition coefficient (Wildman–Crippen LogP) is 2.12. The van der Waals surface area contributed by atoms with Crippen molar-refractivity contribution in [3.8, 4) is 0 Å². The summed E-state index contributed by atoms with van der Waals surface area (Å²) in [7, 11) is -3.22. The van der Waals surface area contributed by atoms with E-state index < -0.39 is 9.84 Å². The van der Waals surface area contributed by atoms with Gasteiger partial charge in [-0.25, -0.2) is 8.42 Å². The molecular formula is C13H17N3O2S. The van der Waals surface area contributed by atoms with Gasteiger partial charge in [-0.3, -0.25) is 5.10 Å². The molecule has 1 aromatic heterocycles. The van der Waals surface area contributed by atoms with Crippen LogP contribution < -0.4 is 5.32 Å². The summed E-state index contributed by atoms with van der Waals surface area (Å²) in [5.41, 5.74) is 2.62. The van der Waals surface area contributed by atoms with Crippen LogP contribution in [0.15, 0.2) is 35.4 Å². The highest BCUT2D eigenvalue weighted by molar-refractivity contribution is 7.91. The van der Waals surface area contributed by atoms with Crippen LogP contribution in [-0.2, 0) is 16.4 Å². The van der Waals surface area contributed by atoms with Crippen molar-refractivity contribution in [2.45, 2.75) is 25.3 Å². The average Bonchev–Trinajstić information content (AvgIpc) is 2.82. The summed E-state index contributed by atoms with van der Waals surface area (Å²) in [6, 6.07) is 6.96. The fraction of sp³-hybridized carbons (Fsp3) is 0.308. The SMILES string of the molecule is CCS(=O)(=O)c1ccccc1NCc1cn[nH]c1C. The van der Waals surface area contributed by atoms with Gasteiger partial charge in [0.1, 0.15) is 0 Å². The molecule has 0 atom stereocenters. The second-order valence-corrected chi connectivity index (χ2v) is 6.52. The average molecular weight is 279 g/mol. The Morgan fingerprint density at radius 1 is 1.32 bits per heavy atom. The number of anilines is 1. The first-order chi connectivity index (χ1) is 9.04. The van der Waals surface area contributed by atoms with Crippen LogP contribution in [0.4, 0.5) is 5.69 Å². The molecule has 1 heterocycles. The van der Waals surface area contributed by atoms with Gasteiger partial charge in [0, 0.05) is 17.8 Å². The lowest BCUT2D eigenvalue weighted by molar-refractivity contribution is 0.597. The quantitative estimate of drug-likeness (QED) is 0.879. The number of aryl methyl sites for hydroxylation is 1. The number of hydrogen-bond donors (Lipinski definition) is 2. The van der Waals surface area contributed by atoms with Crippen molar-refractivity contribution >= 4 is 15.5 Å². The summed E-state index contributed by atoms with van der Waals surface area (Å²) in [5, 5.41) is 9.95. The van der Waals surface area contributed by atoms with Crippen LogP contribution in [0.2, 0.25) is 0 Å². The molecule has 0 aliphatic heterocycles. The minimum absolute atomic E-state index is 0.0937. The lowest BCUT2D eigenvalue weighted by Crippen LogP contribution is -2.09. The maximum absolute atomic E-state index is 12.0. The van der Waals surface area contributed by atoms with Gasteiger partial charge in [0.15, 0.2) is 9.84 Å². The molecule has 19 heavy (non-hydrogen) atoms. The van der Waals surface area contributed by atoms with Crippen molar-refractivity contribution in [2.24, 2.45) is 0 Å². The Hall–Kier alpha value is -1.82. The normalized spacial score (nSPS) is 11.5. The topological polar surface area (TPSA) is 74.8 Å². The molecule has 0 unspecified atom stereocenters. The minimum atomic E-state index is -3.22. The van der Waals surface area contributed by atoms with Crippen molar-refractivity contribution in [3.63, 3.8) is 0 Å². The zero-order valence-electron chi connectivity index (χ0n) is 11.0. The van der Waals surface area contributed by atoms with E-state index in [4.69, 9.17) is 0 Å². The van der Waals surface area contributed by atoms with Gasteiger partial charge < -0.3 is 5.32 Å². The van der Waals surface area contributed by atoms with Crippen LogP contribution >= 0.6 is 0 Å². The second kappa shape index (κ2) is 5.44. The molecule has 5 nitrogen and oxygen atoms in total. The number of H-pyrrole nitrogens is 1. The summed E-state index contributed by atoms with van der Waals surface area (Å²) < 4.78 is 24.0. The van der Waals surface area contributed by atoms with E-state index in [-0.39, 0.29) is 5.75 Å².